The normalized spacial score (nSPS) is 16.7. The van der Waals surface area contributed by atoms with E-state index in [4.69, 9.17) is 14.2 Å². The van der Waals surface area contributed by atoms with Gasteiger partial charge in [-0.1, -0.05) is 24.3 Å². The van der Waals surface area contributed by atoms with Gasteiger partial charge in [-0.2, -0.15) is 0 Å². The standard InChI is InChI=1S/C31H33NO6/c1-18(2)38-24-12-8-10-22(16-24)28-27(29(33)25-13-20(4)26(37-6)14-19(25)3)30(34)31(35)32(28)17-21-9-7-11-23(15-21)36-5/h7-16,18,28,33H,17H2,1-6H3/b29-27+. The molecular weight excluding hydrogens is 482 g/mol. The monoisotopic (exact) mass is 515 g/mol. The third-order valence-electron chi connectivity index (χ3n) is 6.57. The molecule has 7 heteroatoms. The summed E-state index contributed by atoms with van der Waals surface area (Å²) in [5.74, 6) is 0.289. The number of benzene rings is 3. The number of hydrogen-bond acceptors (Lipinski definition) is 6. The number of hydrogen-bond donors (Lipinski definition) is 1. The van der Waals surface area contributed by atoms with Gasteiger partial charge in [0.15, 0.2) is 0 Å². The second-order valence-corrected chi connectivity index (χ2v) is 9.65. The summed E-state index contributed by atoms with van der Waals surface area (Å²) in [4.78, 5) is 28.5. The zero-order valence-corrected chi connectivity index (χ0v) is 22.6. The van der Waals surface area contributed by atoms with Gasteiger partial charge in [0.1, 0.15) is 23.0 Å². The summed E-state index contributed by atoms with van der Waals surface area (Å²) in [6, 6.07) is 17.4. The van der Waals surface area contributed by atoms with Crippen LogP contribution in [0.15, 0.2) is 66.2 Å². The van der Waals surface area contributed by atoms with Crippen LogP contribution in [-0.4, -0.2) is 42.0 Å². The maximum atomic E-state index is 13.5. The molecule has 1 saturated heterocycles. The lowest BCUT2D eigenvalue weighted by atomic mass is 9.93. The molecule has 198 valence electrons. The molecule has 3 aromatic carbocycles. The first kappa shape index (κ1) is 26.8. The van der Waals surface area contributed by atoms with E-state index in [0.29, 0.717) is 28.4 Å². The van der Waals surface area contributed by atoms with Crippen molar-refractivity contribution in [1.29, 1.82) is 0 Å². The summed E-state index contributed by atoms with van der Waals surface area (Å²) in [6.07, 6.45) is -0.0571. The lowest BCUT2D eigenvalue weighted by Gasteiger charge is -2.26. The lowest BCUT2D eigenvalue weighted by molar-refractivity contribution is -0.140. The summed E-state index contributed by atoms with van der Waals surface area (Å²) in [5.41, 5.74) is 3.49. The van der Waals surface area contributed by atoms with E-state index in [1.54, 1.807) is 20.3 Å². The Labute approximate surface area is 223 Å². The number of methoxy groups -OCH3 is 2. The zero-order valence-electron chi connectivity index (χ0n) is 22.6. The van der Waals surface area contributed by atoms with Gasteiger partial charge in [0.2, 0.25) is 0 Å². The van der Waals surface area contributed by atoms with E-state index in [9.17, 15) is 14.7 Å². The Morgan fingerprint density at radius 2 is 1.63 bits per heavy atom. The number of aliphatic hydroxyl groups is 1. The Hall–Kier alpha value is -4.26. The van der Waals surface area contributed by atoms with Crippen LogP contribution in [0.1, 0.15) is 47.7 Å². The highest BCUT2D eigenvalue weighted by Gasteiger charge is 2.46. The van der Waals surface area contributed by atoms with Crippen LogP contribution in [0.5, 0.6) is 17.2 Å². The number of rotatable bonds is 8. The van der Waals surface area contributed by atoms with E-state index < -0.39 is 17.7 Å². The van der Waals surface area contributed by atoms with E-state index in [2.05, 4.69) is 0 Å². The summed E-state index contributed by atoms with van der Waals surface area (Å²) in [6.45, 7) is 7.70. The highest BCUT2D eigenvalue weighted by Crippen LogP contribution is 2.42. The predicted molar refractivity (Wildman–Crippen MR) is 146 cm³/mol. The average Bonchev–Trinajstić information content (AvgIpc) is 3.14. The molecule has 3 aromatic rings. The van der Waals surface area contributed by atoms with Gasteiger partial charge in [0, 0.05) is 12.1 Å². The summed E-state index contributed by atoms with van der Waals surface area (Å²) in [5, 5.41) is 11.6. The molecule has 1 aliphatic heterocycles. The molecule has 1 amide bonds. The number of carbonyl (C=O) groups excluding carboxylic acids is 2. The van der Waals surface area contributed by atoms with Crippen molar-refractivity contribution in [1.82, 2.24) is 4.90 Å². The molecule has 0 bridgehead atoms. The van der Waals surface area contributed by atoms with Gasteiger partial charge in [-0.05, 0) is 86.3 Å². The van der Waals surface area contributed by atoms with Gasteiger partial charge in [-0.25, -0.2) is 0 Å². The molecular formula is C31H33NO6. The maximum absolute atomic E-state index is 13.5. The van der Waals surface area contributed by atoms with Gasteiger partial charge in [0.25, 0.3) is 11.7 Å². The minimum Gasteiger partial charge on any atom is -0.507 e. The van der Waals surface area contributed by atoms with Crippen LogP contribution in [0, 0.1) is 13.8 Å². The molecule has 1 atom stereocenters. The van der Waals surface area contributed by atoms with Crippen molar-refractivity contribution in [3.05, 3.63) is 94.1 Å². The van der Waals surface area contributed by atoms with Crippen LogP contribution in [0.2, 0.25) is 0 Å². The van der Waals surface area contributed by atoms with Crippen molar-refractivity contribution >= 4 is 17.4 Å². The van der Waals surface area contributed by atoms with E-state index in [-0.39, 0.29) is 24.0 Å². The van der Waals surface area contributed by atoms with Crippen molar-refractivity contribution in [3.63, 3.8) is 0 Å². The van der Waals surface area contributed by atoms with Crippen molar-refractivity contribution in [2.45, 2.75) is 46.4 Å². The second-order valence-electron chi connectivity index (χ2n) is 9.65. The van der Waals surface area contributed by atoms with E-state index in [1.165, 1.54) is 4.90 Å². The first-order valence-electron chi connectivity index (χ1n) is 12.5. The first-order valence-corrected chi connectivity index (χ1v) is 12.5. The first-order chi connectivity index (χ1) is 18.1. The molecule has 38 heavy (non-hydrogen) atoms. The minimum absolute atomic E-state index is 0.0345. The summed E-state index contributed by atoms with van der Waals surface area (Å²) < 4.78 is 16.7. The van der Waals surface area contributed by atoms with Crippen LogP contribution >= 0.6 is 0 Å². The quantitative estimate of drug-likeness (QED) is 0.234. The third-order valence-corrected chi connectivity index (χ3v) is 6.57. The molecule has 0 aromatic heterocycles. The van der Waals surface area contributed by atoms with E-state index in [0.717, 1.165) is 16.7 Å². The molecule has 4 rings (SSSR count). The minimum atomic E-state index is -0.821. The molecule has 1 aliphatic rings. The molecule has 0 aliphatic carbocycles. The van der Waals surface area contributed by atoms with Crippen molar-refractivity contribution in [2.75, 3.05) is 14.2 Å². The smallest absolute Gasteiger partial charge is 0.295 e. The molecule has 0 radical (unpaired) electrons. The molecule has 0 spiro atoms. The summed E-state index contributed by atoms with van der Waals surface area (Å²) >= 11 is 0. The zero-order chi connectivity index (χ0) is 27.6. The highest BCUT2D eigenvalue weighted by atomic mass is 16.5. The number of Topliss-reactive ketones (excluding diaryl/α,β-unsaturated/α-hetero) is 1. The van der Waals surface area contributed by atoms with Gasteiger partial charge in [0.05, 0.1) is 31.9 Å². The van der Waals surface area contributed by atoms with Crippen molar-refractivity contribution in [2.24, 2.45) is 0 Å². The second kappa shape index (κ2) is 11.0. The molecule has 0 saturated carbocycles. The van der Waals surface area contributed by atoms with Crippen LogP contribution in [0.25, 0.3) is 5.76 Å². The number of aliphatic hydroxyl groups excluding tert-OH is 1. The molecule has 1 unspecified atom stereocenters. The van der Waals surface area contributed by atoms with Crippen LogP contribution in [0.3, 0.4) is 0 Å². The fourth-order valence-corrected chi connectivity index (χ4v) is 4.80. The van der Waals surface area contributed by atoms with E-state index in [1.807, 2.05) is 82.3 Å². The number of amides is 1. The Kier molecular flexibility index (Phi) is 7.76. The van der Waals surface area contributed by atoms with Crippen LogP contribution < -0.4 is 14.2 Å². The molecule has 1 fully saturated rings. The largest absolute Gasteiger partial charge is 0.507 e. The topological polar surface area (TPSA) is 85.3 Å². The van der Waals surface area contributed by atoms with Gasteiger partial charge < -0.3 is 24.2 Å². The summed E-state index contributed by atoms with van der Waals surface area (Å²) in [7, 11) is 3.16. The number of aryl methyl sites for hydroxylation is 2. The molecule has 1 heterocycles. The van der Waals surface area contributed by atoms with Crippen molar-refractivity contribution < 1.29 is 28.9 Å². The predicted octanol–water partition coefficient (Wildman–Crippen LogP) is 5.73. The Bertz CT molecular complexity index is 1410. The lowest BCUT2D eigenvalue weighted by Crippen LogP contribution is -2.29. The number of ether oxygens (including phenoxy) is 3. The Balaban J connectivity index is 1.90. The van der Waals surface area contributed by atoms with Gasteiger partial charge in [-0.3, -0.25) is 9.59 Å². The molecule has 7 nitrogen and oxygen atoms in total. The van der Waals surface area contributed by atoms with Gasteiger partial charge in [-0.15, -0.1) is 0 Å². The maximum Gasteiger partial charge on any atom is 0.295 e. The average molecular weight is 516 g/mol. The molecule has 1 N–H and O–H groups in total. The Morgan fingerprint density at radius 1 is 0.921 bits per heavy atom. The number of nitrogens with zero attached hydrogens (tertiary/aromatic N) is 1. The van der Waals surface area contributed by atoms with Crippen LogP contribution in [-0.2, 0) is 16.1 Å². The van der Waals surface area contributed by atoms with Gasteiger partial charge >= 0.3 is 0 Å². The third kappa shape index (κ3) is 5.23. The fraction of sp³-hybridized carbons (Fsp3) is 0.290. The number of ketones is 1. The SMILES string of the molecule is COc1cccc(CN2C(=O)C(=O)/C(=C(/O)c3cc(C)c(OC)cc3C)C2c2cccc(OC(C)C)c2)c1. The number of likely N-dealkylation sites (tertiary alicyclic amines) is 1. The number of carbonyl (C=O) groups is 2. The fourth-order valence-electron chi connectivity index (χ4n) is 4.80. The van der Waals surface area contributed by atoms with Crippen LogP contribution in [0.4, 0.5) is 0 Å². The van der Waals surface area contributed by atoms with E-state index >= 15 is 0 Å². The van der Waals surface area contributed by atoms with Crippen molar-refractivity contribution in [3.8, 4) is 17.2 Å². The highest BCUT2D eigenvalue weighted by molar-refractivity contribution is 6.46. The Morgan fingerprint density at radius 3 is 2.32 bits per heavy atom.